The average Bonchev–Trinajstić information content (AvgIpc) is 3.64. The van der Waals surface area contributed by atoms with Crippen molar-refractivity contribution in [2.75, 3.05) is 4.90 Å². The van der Waals surface area contributed by atoms with Crippen molar-refractivity contribution < 1.29 is 4.42 Å². The van der Waals surface area contributed by atoms with E-state index in [1.807, 2.05) is 12.1 Å². The van der Waals surface area contributed by atoms with Gasteiger partial charge in [0.15, 0.2) is 0 Å². The predicted molar refractivity (Wildman–Crippen MR) is 228 cm³/mol. The minimum atomic E-state index is 0.913. The van der Waals surface area contributed by atoms with Crippen LogP contribution in [0.25, 0.3) is 77.2 Å². The molecule has 254 valence electrons. The molecule has 9 aromatic carbocycles. The summed E-state index contributed by atoms with van der Waals surface area (Å²) < 4.78 is 6.36. The second-order valence-corrected chi connectivity index (χ2v) is 13.7. The molecular formula is C52H35NO. The van der Waals surface area contributed by atoms with Crippen LogP contribution in [-0.4, -0.2) is 0 Å². The Labute approximate surface area is 314 Å². The molecule has 0 saturated carbocycles. The molecule has 0 saturated heterocycles. The van der Waals surface area contributed by atoms with Crippen LogP contribution in [0.1, 0.15) is 0 Å². The topological polar surface area (TPSA) is 16.4 Å². The van der Waals surface area contributed by atoms with Gasteiger partial charge in [0, 0.05) is 33.1 Å². The molecule has 0 unspecified atom stereocenters. The van der Waals surface area contributed by atoms with Crippen LogP contribution in [0.15, 0.2) is 217 Å². The van der Waals surface area contributed by atoms with Crippen molar-refractivity contribution in [1.29, 1.82) is 0 Å². The lowest BCUT2D eigenvalue weighted by Crippen LogP contribution is -2.10. The van der Waals surface area contributed by atoms with Crippen molar-refractivity contribution in [3.05, 3.63) is 212 Å². The van der Waals surface area contributed by atoms with Gasteiger partial charge in [-0.05, 0) is 86.8 Å². The molecule has 0 spiro atoms. The van der Waals surface area contributed by atoms with Crippen molar-refractivity contribution in [2.24, 2.45) is 0 Å². The predicted octanol–water partition coefficient (Wildman–Crippen LogP) is 14.9. The summed E-state index contributed by atoms with van der Waals surface area (Å²) >= 11 is 0. The van der Waals surface area contributed by atoms with E-state index < -0.39 is 0 Å². The number of rotatable bonds is 7. The van der Waals surface area contributed by atoms with Crippen LogP contribution in [0.4, 0.5) is 17.1 Å². The van der Waals surface area contributed by atoms with E-state index in [0.29, 0.717) is 0 Å². The Morgan fingerprint density at radius 1 is 0.315 bits per heavy atom. The fraction of sp³-hybridized carbons (Fsp3) is 0. The Morgan fingerprint density at radius 3 is 1.65 bits per heavy atom. The first-order valence-electron chi connectivity index (χ1n) is 18.4. The van der Waals surface area contributed by atoms with E-state index in [0.717, 1.165) is 61.3 Å². The van der Waals surface area contributed by atoms with E-state index in [2.05, 4.69) is 205 Å². The lowest BCUT2D eigenvalue weighted by molar-refractivity contribution is 0.670. The van der Waals surface area contributed by atoms with Crippen LogP contribution >= 0.6 is 0 Å². The summed E-state index contributed by atoms with van der Waals surface area (Å²) in [6.45, 7) is 0. The number of hydrogen-bond acceptors (Lipinski definition) is 2. The molecule has 1 aromatic heterocycles. The summed E-state index contributed by atoms with van der Waals surface area (Å²) in [4.78, 5) is 2.38. The van der Waals surface area contributed by atoms with E-state index in [1.165, 1.54) is 33.0 Å². The van der Waals surface area contributed by atoms with Crippen molar-refractivity contribution in [3.8, 4) is 44.5 Å². The molecule has 0 atom stereocenters. The first kappa shape index (κ1) is 31.6. The lowest BCUT2D eigenvalue weighted by Gasteiger charge is -2.27. The van der Waals surface area contributed by atoms with E-state index >= 15 is 0 Å². The third-order valence-corrected chi connectivity index (χ3v) is 10.5. The molecule has 10 aromatic rings. The first-order chi connectivity index (χ1) is 26.8. The standard InChI is InChI=1S/C52H35NO/c1-2-12-36(13-3-1)41-16-8-17-42(34-41)38-30-32-44(33-31-38)53(50-24-10-15-39-14-4-5-20-46(39)50)45-19-9-18-43(35-45)37-26-28-40(29-27-37)47-22-11-23-49-48-21-6-7-25-51(48)54-52(47)49/h1-35H. The van der Waals surface area contributed by atoms with E-state index in [4.69, 9.17) is 4.42 Å². The Kier molecular flexibility index (Phi) is 7.85. The van der Waals surface area contributed by atoms with Gasteiger partial charge >= 0.3 is 0 Å². The fourth-order valence-corrected chi connectivity index (χ4v) is 7.78. The second-order valence-electron chi connectivity index (χ2n) is 13.7. The van der Waals surface area contributed by atoms with E-state index in [1.54, 1.807) is 0 Å². The zero-order chi connectivity index (χ0) is 35.8. The van der Waals surface area contributed by atoms with Gasteiger partial charge in [0.1, 0.15) is 11.2 Å². The molecule has 0 aliphatic carbocycles. The molecule has 0 aliphatic heterocycles. The average molecular weight is 690 g/mol. The fourth-order valence-electron chi connectivity index (χ4n) is 7.78. The molecule has 0 bridgehead atoms. The van der Waals surface area contributed by atoms with E-state index in [9.17, 15) is 0 Å². The Hall–Kier alpha value is -7.16. The van der Waals surface area contributed by atoms with Gasteiger partial charge in [-0.3, -0.25) is 0 Å². The number of anilines is 3. The SMILES string of the molecule is c1ccc(-c2cccc(-c3ccc(N(c4cccc(-c5ccc(-c6cccc7c6oc6ccccc67)cc5)c4)c4cccc5ccccc45)cc3)c2)cc1. The van der Waals surface area contributed by atoms with Gasteiger partial charge in [0.25, 0.3) is 0 Å². The lowest BCUT2D eigenvalue weighted by atomic mass is 9.98. The summed E-state index contributed by atoms with van der Waals surface area (Å²) in [5.41, 5.74) is 14.5. The number of fused-ring (bicyclic) bond motifs is 4. The van der Waals surface area contributed by atoms with Crippen LogP contribution in [0.3, 0.4) is 0 Å². The molecule has 2 nitrogen and oxygen atoms in total. The number of benzene rings is 9. The Morgan fingerprint density at radius 2 is 0.852 bits per heavy atom. The molecule has 0 amide bonds. The van der Waals surface area contributed by atoms with Crippen LogP contribution in [0.5, 0.6) is 0 Å². The summed E-state index contributed by atoms with van der Waals surface area (Å²) in [7, 11) is 0. The maximum atomic E-state index is 6.36. The third-order valence-electron chi connectivity index (χ3n) is 10.5. The van der Waals surface area contributed by atoms with Crippen LogP contribution in [-0.2, 0) is 0 Å². The molecule has 0 N–H and O–H groups in total. The summed E-state index contributed by atoms with van der Waals surface area (Å²) in [6.07, 6.45) is 0. The van der Waals surface area contributed by atoms with Gasteiger partial charge < -0.3 is 9.32 Å². The van der Waals surface area contributed by atoms with Crippen molar-refractivity contribution >= 4 is 49.8 Å². The molecular weight excluding hydrogens is 655 g/mol. The van der Waals surface area contributed by atoms with Crippen LogP contribution < -0.4 is 4.90 Å². The highest BCUT2D eigenvalue weighted by Crippen LogP contribution is 2.42. The minimum Gasteiger partial charge on any atom is -0.455 e. The molecule has 1 heterocycles. The zero-order valence-corrected chi connectivity index (χ0v) is 29.6. The van der Waals surface area contributed by atoms with Gasteiger partial charge in [-0.1, -0.05) is 170 Å². The molecule has 0 fully saturated rings. The van der Waals surface area contributed by atoms with Crippen LogP contribution in [0, 0.1) is 0 Å². The summed E-state index contributed by atoms with van der Waals surface area (Å²) in [5, 5.41) is 4.70. The van der Waals surface area contributed by atoms with E-state index in [-0.39, 0.29) is 0 Å². The normalized spacial score (nSPS) is 11.3. The molecule has 0 radical (unpaired) electrons. The quantitative estimate of drug-likeness (QED) is 0.166. The number of furan rings is 1. The van der Waals surface area contributed by atoms with Gasteiger partial charge in [0.2, 0.25) is 0 Å². The molecule has 2 heteroatoms. The molecule has 10 rings (SSSR count). The summed E-state index contributed by atoms with van der Waals surface area (Å²) in [6, 6.07) is 75.9. The van der Waals surface area contributed by atoms with Gasteiger partial charge in [-0.25, -0.2) is 0 Å². The highest BCUT2D eigenvalue weighted by molar-refractivity contribution is 6.09. The third kappa shape index (κ3) is 5.71. The van der Waals surface area contributed by atoms with Crippen molar-refractivity contribution in [3.63, 3.8) is 0 Å². The van der Waals surface area contributed by atoms with Crippen molar-refractivity contribution in [2.45, 2.75) is 0 Å². The minimum absolute atomic E-state index is 0.913. The van der Waals surface area contributed by atoms with Gasteiger partial charge in [0.05, 0.1) is 5.69 Å². The monoisotopic (exact) mass is 689 g/mol. The Bertz CT molecular complexity index is 2920. The number of para-hydroxylation sites is 2. The summed E-state index contributed by atoms with van der Waals surface area (Å²) in [5.74, 6) is 0. The van der Waals surface area contributed by atoms with Crippen molar-refractivity contribution in [1.82, 2.24) is 0 Å². The highest BCUT2D eigenvalue weighted by atomic mass is 16.3. The zero-order valence-electron chi connectivity index (χ0n) is 29.6. The number of hydrogen-bond donors (Lipinski definition) is 0. The van der Waals surface area contributed by atoms with Gasteiger partial charge in [-0.2, -0.15) is 0 Å². The number of nitrogens with zero attached hydrogens (tertiary/aromatic N) is 1. The maximum Gasteiger partial charge on any atom is 0.143 e. The largest absolute Gasteiger partial charge is 0.455 e. The first-order valence-corrected chi connectivity index (χ1v) is 18.4. The second kappa shape index (κ2) is 13.4. The molecule has 0 aliphatic rings. The molecule has 54 heavy (non-hydrogen) atoms. The Balaban J connectivity index is 1.03. The van der Waals surface area contributed by atoms with Gasteiger partial charge in [-0.15, -0.1) is 0 Å². The van der Waals surface area contributed by atoms with Crippen LogP contribution in [0.2, 0.25) is 0 Å². The maximum absolute atomic E-state index is 6.36. The smallest absolute Gasteiger partial charge is 0.143 e. The highest BCUT2D eigenvalue weighted by Gasteiger charge is 2.17.